The van der Waals surface area contributed by atoms with Gasteiger partial charge >= 0.3 is 0 Å². The standard InChI is InChI=1S/C13H16O2S/c14-9-12(10-5-7-16-8-6-10)11-3-1-2-4-13(11)15/h1-4,9-10,12,15H,5-8H2. The molecule has 1 atom stereocenters. The molecule has 0 radical (unpaired) electrons. The van der Waals surface area contributed by atoms with Crippen LogP contribution in [0, 0.1) is 5.92 Å². The first-order chi connectivity index (χ1) is 7.83. The predicted molar refractivity (Wildman–Crippen MR) is 67.0 cm³/mol. The van der Waals surface area contributed by atoms with Gasteiger partial charge in [0.15, 0.2) is 0 Å². The first-order valence-corrected chi connectivity index (χ1v) is 6.79. The van der Waals surface area contributed by atoms with E-state index in [1.807, 2.05) is 23.9 Å². The SMILES string of the molecule is O=CC(c1ccccc1O)C1CCSCC1. The van der Waals surface area contributed by atoms with Crippen LogP contribution in [0.5, 0.6) is 5.75 Å². The van der Waals surface area contributed by atoms with Crippen molar-refractivity contribution in [1.82, 2.24) is 0 Å². The number of thioether (sulfide) groups is 1. The highest BCUT2D eigenvalue weighted by molar-refractivity contribution is 7.99. The van der Waals surface area contributed by atoms with E-state index in [0.29, 0.717) is 5.92 Å². The number of hydrogen-bond donors (Lipinski definition) is 1. The Morgan fingerprint density at radius 1 is 1.31 bits per heavy atom. The third-order valence-electron chi connectivity index (χ3n) is 3.22. The summed E-state index contributed by atoms with van der Waals surface area (Å²) in [6.07, 6.45) is 3.14. The van der Waals surface area contributed by atoms with Crippen molar-refractivity contribution in [3.8, 4) is 5.75 Å². The van der Waals surface area contributed by atoms with Crippen LogP contribution >= 0.6 is 11.8 Å². The van der Waals surface area contributed by atoms with Gasteiger partial charge < -0.3 is 9.90 Å². The molecule has 0 aliphatic carbocycles. The average molecular weight is 236 g/mol. The number of phenols is 1. The van der Waals surface area contributed by atoms with Crippen LogP contribution in [0.3, 0.4) is 0 Å². The van der Waals surface area contributed by atoms with E-state index < -0.39 is 0 Å². The van der Waals surface area contributed by atoms with E-state index in [0.717, 1.165) is 36.2 Å². The summed E-state index contributed by atoms with van der Waals surface area (Å²) >= 11 is 1.95. The van der Waals surface area contributed by atoms with Gasteiger partial charge in [-0.2, -0.15) is 11.8 Å². The summed E-state index contributed by atoms with van der Waals surface area (Å²) in [4.78, 5) is 11.2. The second kappa shape index (κ2) is 5.39. The molecule has 1 fully saturated rings. The molecule has 2 rings (SSSR count). The first kappa shape index (κ1) is 11.5. The molecular formula is C13H16O2S. The zero-order valence-electron chi connectivity index (χ0n) is 9.13. The van der Waals surface area contributed by atoms with Crippen molar-refractivity contribution in [2.45, 2.75) is 18.8 Å². The van der Waals surface area contributed by atoms with Gasteiger partial charge in [0.25, 0.3) is 0 Å². The van der Waals surface area contributed by atoms with Gasteiger partial charge in [-0.05, 0) is 36.3 Å². The molecule has 86 valence electrons. The normalized spacial score (nSPS) is 19.2. The average Bonchev–Trinajstić information content (AvgIpc) is 2.34. The van der Waals surface area contributed by atoms with Gasteiger partial charge in [-0.25, -0.2) is 0 Å². The minimum atomic E-state index is -0.137. The first-order valence-electron chi connectivity index (χ1n) is 5.64. The maximum absolute atomic E-state index is 11.2. The minimum Gasteiger partial charge on any atom is -0.508 e. The van der Waals surface area contributed by atoms with Gasteiger partial charge in [-0.3, -0.25) is 0 Å². The minimum absolute atomic E-state index is 0.137. The Morgan fingerprint density at radius 3 is 2.62 bits per heavy atom. The molecule has 1 heterocycles. The fraction of sp³-hybridized carbons (Fsp3) is 0.462. The van der Waals surface area contributed by atoms with Crippen molar-refractivity contribution >= 4 is 18.0 Å². The summed E-state index contributed by atoms with van der Waals surface area (Å²) in [5, 5.41) is 9.78. The molecule has 2 nitrogen and oxygen atoms in total. The summed E-state index contributed by atoms with van der Waals surface area (Å²) in [5.74, 6) is 2.76. The van der Waals surface area contributed by atoms with Crippen molar-refractivity contribution in [2.24, 2.45) is 5.92 Å². The van der Waals surface area contributed by atoms with Crippen LogP contribution in [-0.4, -0.2) is 22.9 Å². The number of hydrogen-bond acceptors (Lipinski definition) is 3. The molecule has 0 bridgehead atoms. The predicted octanol–water partition coefficient (Wildman–Crippen LogP) is 2.82. The second-order valence-electron chi connectivity index (χ2n) is 4.17. The molecular weight excluding hydrogens is 220 g/mol. The Bertz CT molecular complexity index is 359. The lowest BCUT2D eigenvalue weighted by molar-refractivity contribution is -0.110. The van der Waals surface area contributed by atoms with Crippen LogP contribution in [0.15, 0.2) is 24.3 Å². The van der Waals surface area contributed by atoms with Crippen LogP contribution < -0.4 is 0 Å². The Morgan fingerprint density at radius 2 is 2.00 bits per heavy atom. The molecule has 0 aromatic heterocycles. The Hall–Kier alpha value is -0.960. The largest absolute Gasteiger partial charge is 0.508 e. The van der Waals surface area contributed by atoms with Crippen LogP contribution in [0.1, 0.15) is 24.3 Å². The maximum atomic E-state index is 11.2. The zero-order chi connectivity index (χ0) is 11.4. The molecule has 1 aromatic rings. The molecule has 1 saturated heterocycles. The number of para-hydroxylation sites is 1. The Labute approximate surface area is 100 Å². The fourth-order valence-electron chi connectivity index (χ4n) is 2.28. The summed E-state index contributed by atoms with van der Waals surface area (Å²) in [6.45, 7) is 0. The highest BCUT2D eigenvalue weighted by Gasteiger charge is 2.26. The van der Waals surface area contributed by atoms with Gasteiger partial charge in [0.2, 0.25) is 0 Å². The van der Waals surface area contributed by atoms with E-state index in [1.54, 1.807) is 12.1 Å². The van der Waals surface area contributed by atoms with Crippen LogP contribution in [0.4, 0.5) is 0 Å². The monoisotopic (exact) mass is 236 g/mol. The quantitative estimate of drug-likeness (QED) is 0.820. The summed E-state index contributed by atoms with van der Waals surface area (Å²) in [6, 6.07) is 7.18. The van der Waals surface area contributed by atoms with Gasteiger partial charge in [0.1, 0.15) is 12.0 Å². The van der Waals surface area contributed by atoms with Gasteiger partial charge in [0, 0.05) is 11.5 Å². The molecule has 0 amide bonds. The van der Waals surface area contributed by atoms with E-state index in [-0.39, 0.29) is 11.7 Å². The van der Waals surface area contributed by atoms with E-state index in [1.165, 1.54) is 0 Å². The third kappa shape index (κ3) is 2.40. The van der Waals surface area contributed by atoms with E-state index in [2.05, 4.69) is 0 Å². The van der Waals surface area contributed by atoms with Gasteiger partial charge in [-0.1, -0.05) is 18.2 Å². The van der Waals surface area contributed by atoms with Crippen LogP contribution in [-0.2, 0) is 4.79 Å². The fourth-order valence-corrected chi connectivity index (χ4v) is 3.43. The lowest BCUT2D eigenvalue weighted by atomic mass is 9.83. The molecule has 16 heavy (non-hydrogen) atoms. The molecule has 0 spiro atoms. The van der Waals surface area contributed by atoms with Crippen LogP contribution in [0.2, 0.25) is 0 Å². The van der Waals surface area contributed by atoms with E-state index in [9.17, 15) is 9.90 Å². The highest BCUT2D eigenvalue weighted by atomic mass is 32.2. The van der Waals surface area contributed by atoms with Crippen molar-refractivity contribution in [1.29, 1.82) is 0 Å². The maximum Gasteiger partial charge on any atom is 0.127 e. The summed E-state index contributed by atoms with van der Waals surface area (Å²) in [5.41, 5.74) is 0.786. The summed E-state index contributed by atoms with van der Waals surface area (Å²) in [7, 11) is 0. The molecule has 3 heteroatoms. The van der Waals surface area contributed by atoms with Crippen molar-refractivity contribution in [3.63, 3.8) is 0 Å². The smallest absolute Gasteiger partial charge is 0.127 e. The Kier molecular flexibility index (Phi) is 3.88. The molecule has 1 aromatic carbocycles. The molecule has 1 aliphatic rings. The second-order valence-corrected chi connectivity index (χ2v) is 5.40. The number of rotatable bonds is 3. The zero-order valence-corrected chi connectivity index (χ0v) is 9.95. The number of aromatic hydroxyl groups is 1. The molecule has 0 saturated carbocycles. The van der Waals surface area contributed by atoms with Gasteiger partial charge in [0.05, 0.1) is 0 Å². The number of carbonyl (C=O) groups excluding carboxylic acids is 1. The number of carbonyl (C=O) groups is 1. The number of benzene rings is 1. The molecule has 1 unspecified atom stereocenters. The van der Waals surface area contributed by atoms with Crippen molar-refractivity contribution < 1.29 is 9.90 Å². The highest BCUT2D eigenvalue weighted by Crippen LogP contribution is 2.36. The van der Waals surface area contributed by atoms with Gasteiger partial charge in [-0.15, -0.1) is 0 Å². The Balaban J connectivity index is 2.21. The molecule has 1 aliphatic heterocycles. The van der Waals surface area contributed by atoms with Crippen molar-refractivity contribution in [2.75, 3.05) is 11.5 Å². The van der Waals surface area contributed by atoms with Crippen LogP contribution in [0.25, 0.3) is 0 Å². The van der Waals surface area contributed by atoms with E-state index in [4.69, 9.17) is 0 Å². The summed E-state index contributed by atoms with van der Waals surface area (Å²) < 4.78 is 0. The van der Waals surface area contributed by atoms with Crippen molar-refractivity contribution in [3.05, 3.63) is 29.8 Å². The third-order valence-corrected chi connectivity index (χ3v) is 4.27. The topological polar surface area (TPSA) is 37.3 Å². The molecule has 1 N–H and O–H groups in total. The lowest BCUT2D eigenvalue weighted by Crippen LogP contribution is -2.19. The number of aldehydes is 1. The lowest BCUT2D eigenvalue weighted by Gasteiger charge is -2.27. The van der Waals surface area contributed by atoms with E-state index >= 15 is 0 Å². The number of phenolic OH excluding ortho intramolecular Hbond substituents is 1.